The van der Waals surface area contributed by atoms with E-state index in [4.69, 9.17) is 4.74 Å². The summed E-state index contributed by atoms with van der Waals surface area (Å²) in [5.74, 6) is -0.398. The Labute approximate surface area is 188 Å². The molecule has 9 heteroatoms. The van der Waals surface area contributed by atoms with Crippen molar-refractivity contribution in [2.24, 2.45) is 5.92 Å². The zero-order valence-electron chi connectivity index (χ0n) is 17.5. The molecule has 3 heterocycles. The van der Waals surface area contributed by atoms with Gasteiger partial charge < -0.3 is 10.1 Å². The third-order valence-corrected chi connectivity index (χ3v) is 9.05. The highest BCUT2D eigenvalue weighted by Crippen LogP contribution is 2.26. The molecule has 1 atom stereocenters. The second kappa shape index (κ2) is 10.2. The first-order valence-corrected chi connectivity index (χ1v) is 13.0. The number of rotatable bonds is 7. The van der Waals surface area contributed by atoms with Gasteiger partial charge in [-0.2, -0.15) is 4.31 Å². The standard InChI is InChI=1S/C22H29N3O4S2/c26-22(20-6-2-8-25(17-20)31(27,28)21-7-3-13-30-21)23-15-18-4-1-5-19(14-18)16-24-9-11-29-12-10-24/h1,3-5,7,13-14,20H,2,6,8-12,15-17H2,(H,23,26)/t20-/m0/s1. The van der Waals surface area contributed by atoms with E-state index in [0.717, 1.165) is 38.4 Å². The quantitative estimate of drug-likeness (QED) is 0.682. The van der Waals surface area contributed by atoms with E-state index in [1.54, 1.807) is 17.5 Å². The number of piperidine rings is 1. The highest BCUT2D eigenvalue weighted by atomic mass is 32.2. The molecule has 31 heavy (non-hydrogen) atoms. The van der Waals surface area contributed by atoms with Crippen LogP contribution in [0.5, 0.6) is 0 Å². The van der Waals surface area contributed by atoms with Gasteiger partial charge in [0.15, 0.2) is 0 Å². The number of ether oxygens (including phenoxy) is 1. The van der Waals surface area contributed by atoms with E-state index in [2.05, 4.69) is 22.3 Å². The van der Waals surface area contributed by atoms with Crippen molar-refractivity contribution < 1.29 is 17.9 Å². The molecule has 0 unspecified atom stereocenters. The van der Waals surface area contributed by atoms with Gasteiger partial charge in [0, 0.05) is 39.3 Å². The van der Waals surface area contributed by atoms with E-state index in [-0.39, 0.29) is 18.4 Å². The van der Waals surface area contributed by atoms with Gasteiger partial charge in [-0.25, -0.2) is 8.42 Å². The number of benzene rings is 1. The smallest absolute Gasteiger partial charge is 0.252 e. The number of hydrogen-bond donors (Lipinski definition) is 1. The maximum Gasteiger partial charge on any atom is 0.252 e. The lowest BCUT2D eigenvalue weighted by molar-refractivity contribution is -0.126. The number of carbonyl (C=O) groups excluding carboxylic acids is 1. The first-order valence-electron chi connectivity index (χ1n) is 10.7. The summed E-state index contributed by atoms with van der Waals surface area (Å²) in [5.41, 5.74) is 2.28. The number of morpholine rings is 1. The van der Waals surface area contributed by atoms with Crippen molar-refractivity contribution in [2.75, 3.05) is 39.4 Å². The summed E-state index contributed by atoms with van der Waals surface area (Å²) in [7, 11) is -3.51. The fourth-order valence-electron chi connectivity index (χ4n) is 4.10. The van der Waals surface area contributed by atoms with Crippen LogP contribution in [0.3, 0.4) is 0 Å². The van der Waals surface area contributed by atoms with Crippen molar-refractivity contribution in [1.82, 2.24) is 14.5 Å². The molecule has 2 fully saturated rings. The van der Waals surface area contributed by atoms with E-state index in [1.165, 1.54) is 21.2 Å². The first kappa shape index (κ1) is 22.4. The number of nitrogens with one attached hydrogen (secondary N) is 1. The van der Waals surface area contributed by atoms with Gasteiger partial charge in [0.1, 0.15) is 4.21 Å². The first-order chi connectivity index (χ1) is 15.0. The molecule has 1 aromatic heterocycles. The summed E-state index contributed by atoms with van der Waals surface area (Å²) in [4.78, 5) is 15.1. The molecule has 2 aromatic rings. The van der Waals surface area contributed by atoms with Gasteiger partial charge in [-0.05, 0) is 35.4 Å². The molecule has 0 saturated carbocycles. The summed E-state index contributed by atoms with van der Waals surface area (Å²) < 4.78 is 32.8. The lowest BCUT2D eigenvalue weighted by Gasteiger charge is -2.30. The monoisotopic (exact) mass is 463 g/mol. The molecular formula is C22H29N3O4S2. The largest absolute Gasteiger partial charge is 0.379 e. The molecule has 2 saturated heterocycles. The third-order valence-electron chi connectivity index (χ3n) is 5.81. The van der Waals surface area contributed by atoms with Crippen molar-refractivity contribution >= 4 is 27.3 Å². The summed E-state index contributed by atoms with van der Waals surface area (Å²) in [5, 5.41) is 4.77. The van der Waals surface area contributed by atoms with Gasteiger partial charge in [0.25, 0.3) is 10.0 Å². The maximum absolute atomic E-state index is 12.8. The molecule has 0 bridgehead atoms. The van der Waals surface area contributed by atoms with Gasteiger partial charge in [-0.1, -0.05) is 30.3 Å². The number of nitrogens with zero attached hydrogens (tertiary/aromatic N) is 2. The number of sulfonamides is 1. The van der Waals surface area contributed by atoms with Gasteiger partial charge in [0.2, 0.25) is 5.91 Å². The van der Waals surface area contributed by atoms with Crippen LogP contribution in [0.15, 0.2) is 46.0 Å². The highest BCUT2D eigenvalue weighted by molar-refractivity contribution is 7.91. The van der Waals surface area contributed by atoms with Crippen molar-refractivity contribution in [3.8, 4) is 0 Å². The van der Waals surface area contributed by atoms with Crippen LogP contribution < -0.4 is 5.32 Å². The van der Waals surface area contributed by atoms with Crippen LogP contribution in [0.4, 0.5) is 0 Å². The van der Waals surface area contributed by atoms with Gasteiger partial charge in [-0.15, -0.1) is 11.3 Å². The minimum absolute atomic E-state index is 0.0790. The Hall–Kier alpha value is -1.78. The lowest BCUT2D eigenvalue weighted by atomic mass is 9.98. The number of hydrogen-bond acceptors (Lipinski definition) is 6. The van der Waals surface area contributed by atoms with Crippen LogP contribution in [0.2, 0.25) is 0 Å². The fraction of sp³-hybridized carbons (Fsp3) is 0.500. The summed E-state index contributed by atoms with van der Waals surface area (Å²) in [6.07, 6.45) is 1.40. The molecule has 168 valence electrons. The molecule has 0 spiro atoms. The number of carbonyl (C=O) groups is 1. The zero-order chi connectivity index (χ0) is 21.7. The molecule has 4 rings (SSSR count). The molecule has 2 aliphatic heterocycles. The number of amides is 1. The minimum atomic E-state index is -3.51. The highest BCUT2D eigenvalue weighted by Gasteiger charge is 2.33. The van der Waals surface area contributed by atoms with E-state index >= 15 is 0 Å². The van der Waals surface area contributed by atoms with Crippen LogP contribution in [0.1, 0.15) is 24.0 Å². The van der Waals surface area contributed by atoms with Crippen molar-refractivity contribution in [3.63, 3.8) is 0 Å². The predicted octanol–water partition coefficient (Wildman–Crippen LogP) is 2.30. The van der Waals surface area contributed by atoms with Gasteiger partial charge >= 0.3 is 0 Å². The van der Waals surface area contributed by atoms with Crippen molar-refractivity contribution in [2.45, 2.75) is 30.1 Å². The second-order valence-electron chi connectivity index (χ2n) is 8.06. The topological polar surface area (TPSA) is 79.0 Å². The van der Waals surface area contributed by atoms with Crippen LogP contribution in [0.25, 0.3) is 0 Å². The Morgan fingerprint density at radius 3 is 2.71 bits per heavy atom. The SMILES string of the molecule is O=C(NCc1cccc(CN2CCOCC2)c1)[C@H]1CCCN(S(=O)(=O)c2cccs2)C1. The minimum Gasteiger partial charge on any atom is -0.379 e. The number of thiophene rings is 1. The average Bonchev–Trinajstić information content (AvgIpc) is 3.35. The van der Waals surface area contributed by atoms with Crippen molar-refractivity contribution in [3.05, 3.63) is 52.9 Å². The third kappa shape index (κ3) is 5.72. The molecule has 7 nitrogen and oxygen atoms in total. The molecule has 1 N–H and O–H groups in total. The Morgan fingerprint density at radius 2 is 1.94 bits per heavy atom. The van der Waals surface area contributed by atoms with Crippen LogP contribution in [-0.2, 0) is 32.6 Å². The Bertz CT molecular complexity index is 972. The normalized spacial score (nSPS) is 21.1. The molecule has 0 aliphatic carbocycles. The summed E-state index contributed by atoms with van der Waals surface area (Å²) in [6.45, 7) is 5.46. The maximum atomic E-state index is 12.8. The summed E-state index contributed by atoms with van der Waals surface area (Å²) in [6, 6.07) is 11.6. The Balaban J connectivity index is 1.32. The average molecular weight is 464 g/mol. The molecule has 1 amide bonds. The zero-order valence-corrected chi connectivity index (χ0v) is 19.2. The van der Waals surface area contributed by atoms with E-state index in [9.17, 15) is 13.2 Å². The predicted molar refractivity (Wildman–Crippen MR) is 120 cm³/mol. The summed E-state index contributed by atoms with van der Waals surface area (Å²) >= 11 is 1.21. The molecular weight excluding hydrogens is 434 g/mol. The Kier molecular flexibility index (Phi) is 7.39. The van der Waals surface area contributed by atoms with Crippen LogP contribution in [0, 0.1) is 5.92 Å². The fourth-order valence-corrected chi connectivity index (χ4v) is 6.77. The molecule has 2 aliphatic rings. The molecule has 0 radical (unpaired) electrons. The van der Waals surface area contributed by atoms with E-state index < -0.39 is 10.0 Å². The van der Waals surface area contributed by atoms with Gasteiger partial charge in [0.05, 0.1) is 19.1 Å². The van der Waals surface area contributed by atoms with E-state index in [0.29, 0.717) is 30.1 Å². The van der Waals surface area contributed by atoms with Crippen LogP contribution >= 0.6 is 11.3 Å². The molecule has 1 aromatic carbocycles. The Morgan fingerprint density at radius 1 is 1.13 bits per heavy atom. The lowest BCUT2D eigenvalue weighted by Crippen LogP contribution is -2.45. The second-order valence-corrected chi connectivity index (χ2v) is 11.2. The van der Waals surface area contributed by atoms with E-state index in [1.807, 2.05) is 12.1 Å². The van der Waals surface area contributed by atoms with Crippen LogP contribution in [-0.4, -0.2) is 62.9 Å². The van der Waals surface area contributed by atoms with Crippen molar-refractivity contribution in [1.29, 1.82) is 0 Å². The van der Waals surface area contributed by atoms with Gasteiger partial charge in [-0.3, -0.25) is 9.69 Å².